The molecule has 3 heterocycles. The summed E-state index contributed by atoms with van der Waals surface area (Å²) in [6.07, 6.45) is 4.31. The maximum Gasteiger partial charge on any atom is 0.265 e. The van der Waals surface area contributed by atoms with Gasteiger partial charge in [0.2, 0.25) is 0 Å². The minimum Gasteiger partial charge on any atom is -0.495 e. The van der Waals surface area contributed by atoms with Gasteiger partial charge >= 0.3 is 0 Å². The Morgan fingerprint density at radius 2 is 1.74 bits per heavy atom. The molecule has 0 fully saturated rings. The molecule has 8 heteroatoms. The SMILES string of the molecule is CCCCCCn1c(C)nc2c(c1=O)c1nc3ccccc3nc1n2-c1ccc(OC)c(Cl)c1. The average Bonchev–Trinajstić information content (AvgIpc) is 3.14. The maximum atomic E-state index is 13.8. The number of ether oxygens (including phenoxy) is 1. The summed E-state index contributed by atoms with van der Waals surface area (Å²) in [5.41, 5.74) is 3.77. The van der Waals surface area contributed by atoms with Gasteiger partial charge in [0.25, 0.3) is 5.56 Å². The highest BCUT2D eigenvalue weighted by Gasteiger charge is 2.22. The number of aromatic nitrogens is 5. The molecule has 0 aliphatic heterocycles. The Hall–Kier alpha value is -3.45. The van der Waals surface area contributed by atoms with Gasteiger partial charge in [0.05, 0.1) is 28.9 Å². The van der Waals surface area contributed by atoms with E-state index in [-0.39, 0.29) is 5.56 Å². The van der Waals surface area contributed by atoms with Gasteiger partial charge in [-0.25, -0.2) is 15.0 Å². The van der Waals surface area contributed by atoms with Crippen LogP contribution in [0.5, 0.6) is 5.75 Å². The van der Waals surface area contributed by atoms with Crippen molar-refractivity contribution in [2.75, 3.05) is 7.11 Å². The number of benzene rings is 2. The first-order valence-electron chi connectivity index (χ1n) is 11.6. The summed E-state index contributed by atoms with van der Waals surface area (Å²) in [4.78, 5) is 28.4. The fraction of sp³-hybridized carbons (Fsp3) is 0.308. The van der Waals surface area contributed by atoms with Crippen molar-refractivity contribution in [2.24, 2.45) is 0 Å². The molecule has 2 aromatic carbocycles. The Bertz CT molecular complexity index is 1590. The number of nitrogens with zero attached hydrogens (tertiary/aromatic N) is 5. The summed E-state index contributed by atoms with van der Waals surface area (Å²) < 4.78 is 8.95. The highest BCUT2D eigenvalue weighted by atomic mass is 35.5. The number of methoxy groups -OCH3 is 1. The van der Waals surface area contributed by atoms with Crippen LogP contribution in [0.4, 0.5) is 0 Å². The summed E-state index contributed by atoms with van der Waals surface area (Å²) in [7, 11) is 1.58. The molecular weight excluding hydrogens is 450 g/mol. The number of hydrogen-bond acceptors (Lipinski definition) is 5. The molecule has 0 bridgehead atoms. The third-order valence-electron chi connectivity index (χ3n) is 6.18. The average molecular weight is 476 g/mol. The normalized spacial score (nSPS) is 11.6. The molecule has 0 radical (unpaired) electrons. The van der Waals surface area contributed by atoms with E-state index < -0.39 is 0 Å². The summed E-state index contributed by atoms with van der Waals surface area (Å²) in [5.74, 6) is 1.24. The van der Waals surface area contributed by atoms with Crippen LogP contribution in [0.15, 0.2) is 47.3 Å². The van der Waals surface area contributed by atoms with Crippen LogP contribution in [0.25, 0.3) is 38.9 Å². The second-order valence-corrected chi connectivity index (χ2v) is 8.82. The molecule has 3 aromatic heterocycles. The van der Waals surface area contributed by atoms with Crippen molar-refractivity contribution in [2.45, 2.75) is 46.1 Å². The van der Waals surface area contributed by atoms with Crippen molar-refractivity contribution in [1.82, 2.24) is 24.1 Å². The predicted octanol–water partition coefficient (Wildman–Crippen LogP) is 5.83. The van der Waals surface area contributed by atoms with E-state index in [9.17, 15) is 4.79 Å². The highest BCUT2D eigenvalue weighted by Crippen LogP contribution is 2.32. The largest absolute Gasteiger partial charge is 0.495 e. The van der Waals surface area contributed by atoms with Crippen LogP contribution in [0.1, 0.15) is 38.4 Å². The van der Waals surface area contributed by atoms with Crippen LogP contribution in [-0.2, 0) is 6.54 Å². The molecule has 0 unspecified atom stereocenters. The standard InChI is InChI=1S/C26H26ClN5O2/c1-4-5-6-9-14-31-16(2)28-24-22(26(31)33)23-25(30-20-11-8-7-10-19(20)29-23)32(24)17-12-13-21(34-3)18(27)15-17/h7-8,10-13,15H,4-6,9,14H2,1-3H3. The van der Waals surface area contributed by atoms with Crippen LogP contribution in [0, 0.1) is 6.92 Å². The molecule has 5 aromatic rings. The Balaban J connectivity index is 1.83. The molecule has 0 aliphatic carbocycles. The van der Waals surface area contributed by atoms with E-state index in [2.05, 4.69) is 6.92 Å². The van der Waals surface area contributed by atoms with Gasteiger partial charge in [0, 0.05) is 6.54 Å². The number of fused-ring (bicyclic) bond motifs is 4. The van der Waals surface area contributed by atoms with Crippen LogP contribution >= 0.6 is 11.6 Å². The molecule has 5 rings (SSSR count). The number of rotatable bonds is 7. The fourth-order valence-corrected chi connectivity index (χ4v) is 4.68. The Kier molecular flexibility index (Phi) is 5.96. The molecule has 0 aliphatic rings. The molecule has 34 heavy (non-hydrogen) atoms. The van der Waals surface area contributed by atoms with Crippen molar-refractivity contribution >= 4 is 44.8 Å². The van der Waals surface area contributed by atoms with Gasteiger partial charge in [-0.1, -0.05) is 49.9 Å². The summed E-state index contributed by atoms with van der Waals surface area (Å²) in [6, 6.07) is 13.1. The van der Waals surface area contributed by atoms with Gasteiger partial charge in [-0.05, 0) is 43.7 Å². The van der Waals surface area contributed by atoms with E-state index in [1.807, 2.05) is 41.8 Å². The first kappa shape index (κ1) is 22.3. The number of hydrogen-bond donors (Lipinski definition) is 0. The molecule has 0 amide bonds. The van der Waals surface area contributed by atoms with E-state index in [1.165, 1.54) is 0 Å². The van der Waals surface area contributed by atoms with Gasteiger partial charge in [-0.15, -0.1) is 0 Å². The number of para-hydroxylation sites is 2. The van der Waals surface area contributed by atoms with E-state index >= 15 is 0 Å². The molecule has 0 N–H and O–H groups in total. The number of unbranched alkanes of at least 4 members (excludes halogenated alkanes) is 3. The van der Waals surface area contributed by atoms with E-state index in [0.29, 0.717) is 45.3 Å². The van der Waals surface area contributed by atoms with Crippen LogP contribution in [0.2, 0.25) is 5.02 Å². The minimum atomic E-state index is -0.0908. The summed E-state index contributed by atoms with van der Waals surface area (Å²) in [5, 5.41) is 0.936. The predicted molar refractivity (Wildman–Crippen MR) is 136 cm³/mol. The zero-order valence-electron chi connectivity index (χ0n) is 19.5. The van der Waals surface area contributed by atoms with Gasteiger partial charge < -0.3 is 4.74 Å². The number of halogens is 1. The van der Waals surface area contributed by atoms with Crippen molar-refractivity contribution in [3.8, 4) is 11.4 Å². The van der Waals surface area contributed by atoms with Crippen molar-refractivity contribution in [3.05, 3.63) is 63.7 Å². The lowest BCUT2D eigenvalue weighted by molar-refractivity contribution is 0.415. The lowest BCUT2D eigenvalue weighted by Gasteiger charge is -2.12. The monoisotopic (exact) mass is 475 g/mol. The van der Waals surface area contributed by atoms with Crippen molar-refractivity contribution < 1.29 is 4.74 Å². The quantitative estimate of drug-likeness (QED) is 0.277. The molecular formula is C26H26ClN5O2. The molecule has 0 atom stereocenters. The topological polar surface area (TPSA) is 74.8 Å². The van der Waals surface area contributed by atoms with Gasteiger partial charge in [-0.2, -0.15) is 0 Å². The highest BCUT2D eigenvalue weighted by molar-refractivity contribution is 6.32. The molecule has 0 spiro atoms. The first-order valence-corrected chi connectivity index (χ1v) is 11.9. The molecule has 0 saturated carbocycles. The summed E-state index contributed by atoms with van der Waals surface area (Å²) in [6.45, 7) is 4.69. The van der Waals surface area contributed by atoms with Crippen LogP contribution < -0.4 is 10.3 Å². The minimum absolute atomic E-state index is 0.0908. The zero-order chi connectivity index (χ0) is 23.8. The Labute approximate surface area is 202 Å². The molecule has 7 nitrogen and oxygen atoms in total. The van der Waals surface area contributed by atoms with E-state index in [4.69, 9.17) is 31.3 Å². The second kappa shape index (κ2) is 9.06. The zero-order valence-corrected chi connectivity index (χ0v) is 20.3. The van der Waals surface area contributed by atoms with Crippen molar-refractivity contribution in [1.29, 1.82) is 0 Å². The third kappa shape index (κ3) is 3.70. The van der Waals surface area contributed by atoms with Crippen LogP contribution in [0.3, 0.4) is 0 Å². The first-order chi connectivity index (χ1) is 16.5. The lowest BCUT2D eigenvalue weighted by Crippen LogP contribution is -2.24. The van der Waals surface area contributed by atoms with Gasteiger partial charge in [-0.3, -0.25) is 13.9 Å². The maximum absolute atomic E-state index is 13.8. The van der Waals surface area contributed by atoms with E-state index in [1.54, 1.807) is 23.8 Å². The van der Waals surface area contributed by atoms with Crippen LogP contribution in [-0.4, -0.2) is 31.2 Å². The Morgan fingerprint density at radius 3 is 2.44 bits per heavy atom. The smallest absolute Gasteiger partial charge is 0.265 e. The van der Waals surface area contributed by atoms with Gasteiger partial charge in [0.15, 0.2) is 11.3 Å². The van der Waals surface area contributed by atoms with E-state index in [0.717, 1.165) is 42.4 Å². The molecule has 0 saturated heterocycles. The summed E-state index contributed by atoms with van der Waals surface area (Å²) >= 11 is 6.45. The number of aryl methyl sites for hydroxylation is 1. The molecule has 174 valence electrons. The third-order valence-corrected chi connectivity index (χ3v) is 6.48. The second-order valence-electron chi connectivity index (χ2n) is 8.41. The van der Waals surface area contributed by atoms with Crippen molar-refractivity contribution in [3.63, 3.8) is 0 Å². The fourth-order valence-electron chi connectivity index (χ4n) is 4.43. The Morgan fingerprint density at radius 1 is 0.971 bits per heavy atom. The van der Waals surface area contributed by atoms with Gasteiger partial charge in [0.1, 0.15) is 22.5 Å². The lowest BCUT2D eigenvalue weighted by atomic mass is 10.2.